The highest BCUT2D eigenvalue weighted by Gasteiger charge is 2.12. The zero-order chi connectivity index (χ0) is 11.2. The Morgan fingerprint density at radius 2 is 1.57 bits per heavy atom. The van der Waals surface area contributed by atoms with E-state index in [9.17, 15) is 0 Å². The summed E-state index contributed by atoms with van der Waals surface area (Å²) in [5, 5.41) is 0. The Morgan fingerprint density at radius 1 is 1.07 bits per heavy atom. The van der Waals surface area contributed by atoms with Crippen LogP contribution in [0.2, 0.25) is 0 Å². The lowest BCUT2D eigenvalue weighted by molar-refractivity contribution is 0.214. The third-order valence-corrected chi connectivity index (χ3v) is 1.64. The molecule has 0 rings (SSSR count). The van der Waals surface area contributed by atoms with Crippen LogP contribution in [0.5, 0.6) is 0 Å². The van der Waals surface area contributed by atoms with Crippen LogP contribution in [-0.4, -0.2) is 14.2 Å². The number of ether oxygens (including phenoxy) is 2. The van der Waals surface area contributed by atoms with E-state index >= 15 is 0 Å². The Kier molecular flexibility index (Phi) is 5.36. The van der Waals surface area contributed by atoms with E-state index in [4.69, 9.17) is 9.47 Å². The van der Waals surface area contributed by atoms with Gasteiger partial charge in [-0.05, 0) is 24.0 Å². The van der Waals surface area contributed by atoms with Gasteiger partial charge >= 0.3 is 0 Å². The Balaban J connectivity index is 4.87. The number of hydrogen-bond acceptors (Lipinski definition) is 2. The molecular formula is C12H22O2. The molecule has 0 spiro atoms. The molecule has 0 unspecified atom stereocenters. The Labute approximate surface area is 87.6 Å². The Morgan fingerprint density at radius 3 is 1.86 bits per heavy atom. The number of rotatable bonds is 4. The molecule has 0 aromatic heterocycles. The van der Waals surface area contributed by atoms with Crippen LogP contribution in [-0.2, 0) is 9.47 Å². The molecule has 0 radical (unpaired) electrons. The first-order valence-corrected chi connectivity index (χ1v) is 4.96. The molecule has 0 N–H and O–H groups in total. The van der Waals surface area contributed by atoms with E-state index in [-0.39, 0.29) is 5.41 Å². The summed E-state index contributed by atoms with van der Waals surface area (Å²) in [4.78, 5) is 0. The minimum absolute atomic E-state index is 0.0940. The van der Waals surface area contributed by atoms with E-state index in [1.807, 2.05) is 6.08 Å². The minimum Gasteiger partial charge on any atom is -0.493 e. The van der Waals surface area contributed by atoms with Gasteiger partial charge in [-0.25, -0.2) is 0 Å². The molecule has 14 heavy (non-hydrogen) atoms. The summed E-state index contributed by atoms with van der Waals surface area (Å²) in [5.41, 5.74) is 0.0940. The smallest absolute Gasteiger partial charge is 0.156 e. The van der Waals surface area contributed by atoms with Crippen LogP contribution in [0.4, 0.5) is 0 Å². The van der Waals surface area contributed by atoms with Crippen LogP contribution in [0.15, 0.2) is 23.7 Å². The fourth-order valence-electron chi connectivity index (χ4n) is 1.09. The van der Waals surface area contributed by atoms with E-state index in [0.29, 0.717) is 0 Å². The van der Waals surface area contributed by atoms with Gasteiger partial charge in [0.1, 0.15) is 0 Å². The number of allylic oxidation sites excluding steroid dienone is 2. The fourth-order valence-corrected chi connectivity index (χ4v) is 1.09. The lowest BCUT2D eigenvalue weighted by Crippen LogP contribution is -2.05. The molecule has 0 atom stereocenters. The van der Waals surface area contributed by atoms with Crippen molar-refractivity contribution in [3.8, 4) is 0 Å². The molecule has 2 heteroatoms. The summed E-state index contributed by atoms with van der Waals surface area (Å²) in [6.07, 6.45) is 5.02. The zero-order valence-electron chi connectivity index (χ0n) is 10.2. The van der Waals surface area contributed by atoms with Crippen molar-refractivity contribution < 1.29 is 9.47 Å². The molecule has 0 aromatic carbocycles. The molecule has 0 fully saturated rings. The van der Waals surface area contributed by atoms with Crippen LogP contribution in [0.25, 0.3) is 0 Å². The van der Waals surface area contributed by atoms with Crippen molar-refractivity contribution in [2.24, 2.45) is 5.41 Å². The third-order valence-electron chi connectivity index (χ3n) is 1.64. The molecule has 82 valence electrons. The molecule has 0 saturated heterocycles. The summed E-state index contributed by atoms with van der Waals surface area (Å²) in [5.74, 6) is 1.62. The van der Waals surface area contributed by atoms with E-state index in [0.717, 1.165) is 17.9 Å². The molecule has 2 nitrogen and oxygen atoms in total. The van der Waals surface area contributed by atoms with Gasteiger partial charge in [-0.1, -0.05) is 27.7 Å². The lowest BCUT2D eigenvalue weighted by Gasteiger charge is -2.16. The van der Waals surface area contributed by atoms with Gasteiger partial charge in [0.2, 0.25) is 0 Å². The SMILES string of the molecule is CC/C=C(OC)\C(=C/C(C)(C)C)OC. The van der Waals surface area contributed by atoms with Gasteiger partial charge in [-0.15, -0.1) is 0 Å². The highest BCUT2D eigenvalue weighted by Crippen LogP contribution is 2.22. The summed E-state index contributed by atoms with van der Waals surface area (Å²) in [6.45, 7) is 8.46. The van der Waals surface area contributed by atoms with Gasteiger partial charge in [0.05, 0.1) is 14.2 Å². The predicted molar refractivity (Wildman–Crippen MR) is 59.9 cm³/mol. The van der Waals surface area contributed by atoms with Gasteiger partial charge in [0, 0.05) is 0 Å². The van der Waals surface area contributed by atoms with Crippen LogP contribution in [0, 0.1) is 5.41 Å². The van der Waals surface area contributed by atoms with Crippen molar-refractivity contribution in [1.29, 1.82) is 0 Å². The maximum Gasteiger partial charge on any atom is 0.156 e. The maximum atomic E-state index is 5.30. The summed E-state index contributed by atoms with van der Waals surface area (Å²) in [6, 6.07) is 0. The maximum absolute atomic E-state index is 5.30. The van der Waals surface area contributed by atoms with Gasteiger partial charge in [-0.3, -0.25) is 0 Å². The lowest BCUT2D eigenvalue weighted by atomic mass is 9.95. The molecular weight excluding hydrogens is 176 g/mol. The minimum atomic E-state index is 0.0940. The largest absolute Gasteiger partial charge is 0.493 e. The summed E-state index contributed by atoms with van der Waals surface area (Å²) < 4.78 is 10.6. The predicted octanol–water partition coefficient (Wildman–Crippen LogP) is 3.50. The van der Waals surface area contributed by atoms with E-state index < -0.39 is 0 Å². The highest BCUT2D eigenvalue weighted by molar-refractivity contribution is 5.21. The highest BCUT2D eigenvalue weighted by atomic mass is 16.5. The average molecular weight is 198 g/mol. The number of hydrogen-bond donors (Lipinski definition) is 0. The second-order valence-corrected chi connectivity index (χ2v) is 4.26. The first-order valence-electron chi connectivity index (χ1n) is 4.96. The van der Waals surface area contributed by atoms with Crippen molar-refractivity contribution in [2.45, 2.75) is 34.1 Å². The molecule has 0 aliphatic carbocycles. The van der Waals surface area contributed by atoms with Gasteiger partial charge in [0.15, 0.2) is 11.5 Å². The summed E-state index contributed by atoms with van der Waals surface area (Å²) >= 11 is 0. The second-order valence-electron chi connectivity index (χ2n) is 4.26. The number of methoxy groups -OCH3 is 2. The topological polar surface area (TPSA) is 18.5 Å². The van der Waals surface area contributed by atoms with Crippen molar-refractivity contribution in [2.75, 3.05) is 14.2 Å². The fraction of sp³-hybridized carbons (Fsp3) is 0.667. The monoisotopic (exact) mass is 198 g/mol. The molecule has 0 amide bonds. The molecule has 0 saturated carbocycles. The zero-order valence-corrected chi connectivity index (χ0v) is 10.2. The molecule has 0 heterocycles. The van der Waals surface area contributed by atoms with Gasteiger partial charge in [-0.2, -0.15) is 0 Å². The van der Waals surface area contributed by atoms with Crippen molar-refractivity contribution in [3.63, 3.8) is 0 Å². The molecule has 0 aromatic rings. The van der Waals surface area contributed by atoms with Crippen molar-refractivity contribution in [1.82, 2.24) is 0 Å². The molecule has 0 aliphatic rings. The van der Waals surface area contributed by atoms with E-state index in [2.05, 4.69) is 33.8 Å². The van der Waals surface area contributed by atoms with E-state index in [1.54, 1.807) is 14.2 Å². The van der Waals surface area contributed by atoms with Crippen molar-refractivity contribution >= 4 is 0 Å². The average Bonchev–Trinajstić information content (AvgIpc) is 2.09. The molecule has 0 bridgehead atoms. The standard InChI is InChI=1S/C12H22O2/c1-7-8-10(13-5)11(14-6)9-12(2,3)4/h8-9H,7H2,1-6H3/b10-8+,11-9+. The normalized spacial score (nSPS) is 14.1. The van der Waals surface area contributed by atoms with Crippen LogP contribution < -0.4 is 0 Å². The Bertz CT molecular complexity index is 219. The van der Waals surface area contributed by atoms with Crippen molar-refractivity contribution in [3.05, 3.63) is 23.7 Å². The summed E-state index contributed by atoms with van der Waals surface area (Å²) in [7, 11) is 3.33. The van der Waals surface area contributed by atoms with Crippen LogP contribution >= 0.6 is 0 Å². The first kappa shape index (κ1) is 13.1. The third kappa shape index (κ3) is 4.95. The van der Waals surface area contributed by atoms with Gasteiger partial charge < -0.3 is 9.47 Å². The van der Waals surface area contributed by atoms with Crippen LogP contribution in [0.3, 0.4) is 0 Å². The van der Waals surface area contributed by atoms with Crippen LogP contribution in [0.1, 0.15) is 34.1 Å². The van der Waals surface area contributed by atoms with E-state index in [1.165, 1.54) is 0 Å². The quantitative estimate of drug-likeness (QED) is 0.508. The Hall–Kier alpha value is -0.920. The molecule has 0 aliphatic heterocycles. The second kappa shape index (κ2) is 5.74. The first-order chi connectivity index (χ1) is 6.44. The van der Waals surface area contributed by atoms with Gasteiger partial charge in [0.25, 0.3) is 0 Å².